The van der Waals surface area contributed by atoms with E-state index in [0.29, 0.717) is 6.04 Å². The van der Waals surface area contributed by atoms with Crippen LogP contribution in [0.1, 0.15) is 32.4 Å². The lowest BCUT2D eigenvalue weighted by molar-refractivity contribution is 0.596. The van der Waals surface area contributed by atoms with Crippen molar-refractivity contribution in [2.75, 3.05) is 12.3 Å². The Bertz CT molecular complexity index is 276. The summed E-state index contributed by atoms with van der Waals surface area (Å²) in [4.78, 5) is 4.31. The maximum atomic E-state index is 4.31. The first-order valence-electron chi connectivity index (χ1n) is 5.10. The highest BCUT2D eigenvalue weighted by atomic mass is 32.2. The van der Waals surface area contributed by atoms with Crippen LogP contribution in [0.2, 0.25) is 0 Å². The van der Waals surface area contributed by atoms with Gasteiger partial charge in [-0.3, -0.25) is 0 Å². The van der Waals surface area contributed by atoms with E-state index in [-0.39, 0.29) is 0 Å². The minimum absolute atomic E-state index is 0.416. The SMILES string of the molecule is CCNC(C)c1ccnc(SCC)c1. The van der Waals surface area contributed by atoms with Gasteiger partial charge in [0.2, 0.25) is 0 Å². The molecule has 0 aliphatic heterocycles. The number of hydrogen-bond acceptors (Lipinski definition) is 3. The molecule has 78 valence electrons. The fourth-order valence-corrected chi connectivity index (χ4v) is 2.00. The first-order chi connectivity index (χ1) is 6.77. The third kappa shape index (κ3) is 3.31. The van der Waals surface area contributed by atoms with Crippen molar-refractivity contribution in [1.29, 1.82) is 0 Å². The molecule has 0 amide bonds. The summed E-state index contributed by atoms with van der Waals surface area (Å²) in [5.41, 5.74) is 1.32. The quantitative estimate of drug-likeness (QED) is 0.756. The van der Waals surface area contributed by atoms with Crippen LogP contribution in [0.3, 0.4) is 0 Å². The van der Waals surface area contributed by atoms with Crippen molar-refractivity contribution < 1.29 is 0 Å². The minimum Gasteiger partial charge on any atom is -0.310 e. The highest BCUT2D eigenvalue weighted by Gasteiger charge is 2.04. The number of nitrogens with zero attached hydrogens (tertiary/aromatic N) is 1. The lowest BCUT2D eigenvalue weighted by Crippen LogP contribution is -2.17. The van der Waals surface area contributed by atoms with Crippen LogP contribution in [0.4, 0.5) is 0 Å². The second kappa shape index (κ2) is 6.04. The molecule has 0 bridgehead atoms. The Labute approximate surface area is 90.5 Å². The highest BCUT2D eigenvalue weighted by molar-refractivity contribution is 7.99. The maximum absolute atomic E-state index is 4.31. The van der Waals surface area contributed by atoms with Crippen molar-refractivity contribution in [3.05, 3.63) is 23.9 Å². The molecule has 0 aromatic carbocycles. The van der Waals surface area contributed by atoms with Crippen LogP contribution in [-0.4, -0.2) is 17.3 Å². The largest absolute Gasteiger partial charge is 0.310 e. The van der Waals surface area contributed by atoms with Crippen molar-refractivity contribution in [2.24, 2.45) is 0 Å². The van der Waals surface area contributed by atoms with Crippen molar-refractivity contribution in [1.82, 2.24) is 10.3 Å². The maximum Gasteiger partial charge on any atom is 0.0963 e. The predicted molar refractivity (Wildman–Crippen MR) is 62.7 cm³/mol. The van der Waals surface area contributed by atoms with Crippen molar-refractivity contribution >= 4 is 11.8 Å². The molecule has 3 heteroatoms. The molecule has 1 atom stereocenters. The van der Waals surface area contributed by atoms with Gasteiger partial charge in [0.1, 0.15) is 0 Å². The Morgan fingerprint density at radius 1 is 1.50 bits per heavy atom. The van der Waals surface area contributed by atoms with E-state index in [1.165, 1.54) is 5.56 Å². The monoisotopic (exact) mass is 210 g/mol. The molecule has 0 spiro atoms. The van der Waals surface area contributed by atoms with E-state index in [0.717, 1.165) is 17.3 Å². The number of pyridine rings is 1. The summed E-state index contributed by atoms with van der Waals surface area (Å²) in [6.07, 6.45) is 1.89. The lowest BCUT2D eigenvalue weighted by atomic mass is 10.1. The van der Waals surface area contributed by atoms with Crippen LogP contribution >= 0.6 is 11.8 Å². The van der Waals surface area contributed by atoms with Crippen LogP contribution in [0, 0.1) is 0 Å². The van der Waals surface area contributed by atoms with Gasteiger partial charge < -0.3 is 5.32 Å². The van der Waals surface area contributed by atoms with Crippen LogP contribution < -0.4 is 5.32 Å². The molecular weight excluding hydrogens is 192 g/mol. The fourth-order valence-electron chi connectivity index (χ4n) is 1.34. The van der Waals surface area contributed by atoms with Crippen LogP contribution in [0.5, 0.6) is 0 Å². The molecule has 14 heavy (non-hydrogen) atoms. The molecule has 0 radical (unpaired) electrons. The van der Waals surface area contributed by atoms with E-state index < -0.39 is 0 Å². The highest BCUT2D eigenvalue weighted by Crippen LogP contribution is 2.19. The third-order valence-electron chi connectivity index (χ3n) is 2.06. The zero-order chi connectivity index (χ0) is 10.4. The zero-order valence-electron chi connectivity index (χ0n) is 9.08. The van der Waals surface area contributed by atoms with Gasteiger partial charge in [-0.2, -0.15) is 0 Å². The van der Waals surface area contributed by atoms with Gasteiger partial charge in [0, 0.05) is 12.2 Å². The average molecular weight is 210 g/mol. The van der Waals surface area contributed by atoms with Crippen LogP contribution in [-0.2, 0) is 0 Å². The molecule has 1 heterocycles. The second-order valence-corrected chi connectivity index (χ2v) is 4.42. The van der Waals surface area contributed by atoms with E-state index in [9.17, 15) is 0 Å². The van der Waals surface area contributed by atoms with Gasteiger partial charge in [-0.25, -0.2) is 4.98 Å². The molecule has 1 rings (SSSR count). The summed E-state index contributed by atoms with van der Waals surface area (Å²) < 4.78 is 0. The van der Waals surface area contributed by atoms with E-state index in [1.54, 1.807) is 11.8 Å². The van der Waals surface area contributed by atoms with Gasteiger partial charge in [0.25, 0.3) is 0 Å². The molecule has 1 aromatic heterocycles. The minimum atomic E-state index is 0.416. The zero-order valence-corrected chi connectivity index (χ0v) is 9.90. The molecule has 0 fully saturated rings. The van der Waals surface area contributed by atoms with Gasteiger partial charge in [0.05, 0.1) is 5.03 Å². The Morgan fingerprint density at radius 2 is 2.29 bits per heavy atom. The molecular formula is C11H18N2S. The third-order valence-corrected chi connectivity index (χ3v) is 2.87. The first-order valence-corrected chi connectivity index (χ1v) is 6.08. The Morgan fingerprint density at radius 3 is 2.93 bits per heavy atom. The molecule has 0 saturated carbocycles. The Kier molecular flexibility index (Phi) is 4.98. The summed E-state index contributed by atoms with van der Waals surface area (Å²) in [7, 11) is 0. The number of nitrogens with one attached hydrogen (secondary N) is 1. The number of hydrogen-bond donors (Lipinski definition) is 1. The molecule has 0 aliphatic rings. The summed E-state index contributed by atoms with van der Waals surface area (Å²) in [5, 5.41) is 4.51. The van der Waals surface area contributed by atoms with Gasteiger partial charge in [-0.1, -0.05) is 13.8 Å². The van der Waals surface area contributed by atoms with Crippen molar-refractivity contribution in [3.8, 4) is 0 Å². The van der Waals surface area contributed by atoms with Gasteiger partial charge in [-0.05, 0) is 36.9 Å². The number of rotatable bonds is 5. The van der Waals surface area contributed by atoms with Crippen LogP contribution in [0.25, 0.3) is 0 Å². The van der Waals surface area contributed by atoms with E-state index >= 15 is 0 Å². The predicted octanol–water partition coefficient (Wildman–Crippen LogP) is 2.86. The summed E-state index contributed by atoms with van der Waals surface area (Å²) in [6.45, 7) is 7.45. The fraction of sp³-hybridized carbons (Fsp3) is 0.545. The number of aromatic nitrogens is 1. The Balaban J connectivity index is 2.71. The average Bonchev–Trinajstić information content (AvgIpc) is 2.19. The topological polar surface area (TPSA) is 24.9 Å². The summed E-state index contributed by atoms with van der Waals surface area (Å²) in [6, 6.07) is 4.66. The van der Waals surface area contributed by atoms with Crippen molar-refractivity contribution in [2.45, 2.75) is 31.8 Å². The smallest absolute Gasteiger partial charge is 0.0963 e. The van der Waals surface area contributed by atoms with E-state index in [2.05, 4.69) is 43.2 Å². The number of thioether (sulfide) groups is 1. The molecule has 0 saturated heterocycles. The molecule has 1 N–H and O–H groups in total. The lowest BCUT2D eigenvalue weighted by Gasteiger charge is -2.12. The van der Waals surface area contributed by atoms with E-state index in [1.807, 2.05) is 6.20 Å². The second-order valence-electron chi connectivity index (χ2n) is 3.14. The molecule has 2 nitrogen and oxygen atoms in total. The normalized spacial score (nSPS) is 12.8. The Hall–Kier alpha value is -0.540. The first kappa shape index (κ1) is 11.5. The molecule has 1 unspecified atom stereocenters. The van der Waals surface area contributed by atoms with Gasteiger partial charge >= 0.3 is 0 Å². The van der Waals surface area contributed by atoms with Crippen molar-refractivity contribution in [3.63, 3.8) is 0 Å². The molecule has 0 aliphatic carbocycles. The molecule has 1 aromatic rings. The van der Waals surface area contributed by atoms with E-state index in [4.69, 9.17) is 0 Å². The standard InChI is InChI=1S/C11H18N2S/c1-4-12-9(3)10-6-7-13-11(8-10)14-5-2/h6-9,12H,4-5H2,1-3H3. The van der Waals surface area contributed by atoms with Crippen LogP contribution in [0.15, 0.2) is 23.4 Å². The summed E-state index contributed by atoms with van der Waals surface area (Å²) in [5.74, 6) is 1.08. The van der Waals surface area contributed by atoms with Gasteiger partial charge in [0.15, 0.2) is 0 Å². The van der Waals surface area contributed by atoms with Gasteiger partial charge in [-0.15, -0.1) is 11.8 Å². The summed E-state index contributed by atoms with van der Waals surface area (Å²) >= 11 is 1.79.